The summed E-state index contributed by atoms with van der Waals surface area (Å²) >= 11 is 0. The number of methoxy groups -OCH3 is 1. The third-order valence-corrected chi connectivity index (χ3v) is 4.47. The number of carbonyl (C=O) groups is 1. The lowest BCUT2D eigenvalue weighted by Gasteiger charge is -2.13. The molecule has 1 aliphatic rings. The average molecular weight is 358 g/mol. The predicted octanol–water partition coefficient (Wildman–Crippen LogP) is 2.59. The number of hydrogen-bond donors (Lipinski definition) is 1. The highest BCUT2D eigenvalue weighted by atomic mass is 16.5. The Morgan fingerprint density at radius 1 is 1.31 bits per heavy atom. The molecule has 7 heteroatoms. The molecule has 140 valence electrons. The minimum atomic E-state index is -0.174. The van der Waals surface area contributed by atoms with E-state index in [0.29, 0.717) is 36.1 Å². The number of rotatable bonds is 8. The van der Waals surface area contributed by atoms with Gasteiger partial charge in [0.05, 0.1) is 20.3 Å². The molecule has 1 amide bonds. The first-order valence-corrected chi connectivity index (χ1v) is 9.08. The minimum absolute atomic E-state index is 0.174. The van der Waals surface area contributed by atoms with E-state index in [9.17, 15) is 4.79 Å². The van der Waals surface area contributed by atoms with Crippen LogP contribution in [0.3, 0.4) is 0 Å². The Bertz CT molecular complexity index is 770. The van der Waals surface area contributed by atoms with E-state index in [1.54, 1.807) is 25.3 Å². The zero-order chi connectivity index (χ0) is 18.5. The van der Waals surface area contributed by atoms with E-state index in [0.717, 1.165) is 37.5 Å². The molecule has 0 aliphatic carbocycles. The van der Waals surface area contributed by atoms with E-state index in [-0.39, 0.29) is 5.91 Å². The van der Waals surface area contributed by atoms with E-state index in [1.165, 1.54) is 0 Å². The zero-order valence-electron chi connectivity index (χ0n) is 15.6. The fourth-order valence-electron chi connectivity index (χ4n) is 2.94. The maximum Gasteiger partial charge on any atom is 0.251 e. The molecule has 0 saturated carbocycles. The lowest BCUT2D eigenvalue weighted by molar-refractivity contribution is 0.0949. The molecule has 3 rings (SSSR count). The van der Waals surface area contributed by atoms with Gasteiger partial charge in [-0.1, -0.05) is 13.8 Å². The SMILES string of the molecule is COc1cc(C(=O)NCc2nnc3n2CCC3)ccc1OCCC(C)C. The fraction of sp³-hybridized carbons (Fsp3) is 0.526. The molecule has 1 aromatic heterocycles. The van der Waals surface area contributed by atoms with Crippen molar-refractivity contribution in [2.45, 2.75) is 46.2 Å². The molecular formula is C19H26N4O3. The van der Waals surface area contributed by atoms with Crippen LogP contribution in [0, 0.1) is 5.92 Å². The second kappa shape index (κ2) is 8.21. The van der Waals surface area contributed by atoms with E-state index in [1.807, 2.05) is 0 Å². The van der Waals surface area contributed by atoms with Crippen LogP contribution in [0.4, 0.5) is 0 Å². The second-order valence-corrected chi connectivity index (χ2v) is 6.87. The van der Waals surface area contributed by atoms with Crippen molar-refractivity contribution in [3.05, 3.63) is 35.4 Å². The first-order valence-electron chi connectivity index (χ1n) is 9.08. The summed E-state index contributed by atoms with van der Waals surface area (Å²) in [7, 11) is 1.58. The highest BCUT2D eigenvalue weighted by molar-refractivity contribution is 5.94. The fourth-order valence-corrected chi connectivity index (χ4v) is 2.94. The molecular weight excluding hydrogens is 332 g/mol. The third kappa shape index (κ3) is 4.15. The number of hydrogen-bond acceptors (Lipinski definition) is 5. The summed E-state index contributed by atoms with van der Waals surface area (Å²) in [6, 6.07) is 5.23. The molecule has 7 nitrogen and oxygen atoms in total. The summed E-state index contributed by atoms with van der Waals surface area (Å²) in [5.74, 6) is 3.41. The molecule has 0 atom stereocenters. The highest BCUT2D eigenvalue weighted by Gasteiger charge is 2.18. The van der Waals surface area contributed by atoms with Crippen molar-refractivity contribution in [1.82, 2.24) is 20.1 Å². The van der Waals surface area contributed by atoms with E-state index in [2.05, 4.69) is 33.9 Å². The topological polar surface area (TPSA) is 78.3 Å². The zero-order valence-corrected chi connectivity index (χ0v) is 15.6. The maximum atomic E-state index is 12.5. The van der Waals surface area contributed by atoms with Crippen molar-refractivity contribution in [3.8, 4) is 11.5 Å². The second-order valence-electron chi connectivity index (χ2n) is 6.87. The lowest BCUT2D eigenvalue weighted by Crippen LogP contribution is -2.24. The Kier molecular flexibility index (Phi) is 5.75. The number of benzene rings is 1. The predicted molar refractivity (Wildman–Crippen MR) is 97.5 cm³/mol. The molecule has 1 aliphatic heterocycles. The Morgan fingerprint density at radius 3 is 2.92 bits per heavy atom. The summed E-state index contributed by atoms with van der Waals surface area (Å²) in [6.45, 7) is 6.21. The Hall–Kier alpha value is -2.57. The van der Waals surface area contributed by atoms with Crippen LogP contribution >= 0.6 is 0 Å². The average Bonchev–Trinajstić information content (AvgIpc) is 3.23. The number of nitrogens with zero attached hydrogens (tertiary/aromatic N) is 3. The van der Waals surface area contributed by atoms with Gasteiger partial charge in [-0.3, -0.25) is 4.79 Å². The van der Waals surface area contributed by atoms with Gasteiger partial charge < -0.3 is 19.4 Å². The van der Waals surface area contributed by atoms with Crippen molar-refractivity contribution in [2.75, 3.05) is 13.7 Å². The number of ether oxygens (including phenoxy) is 2. The number of carbonyl (C=O) groups excluding carboxylic acids is 1. The smallest absolute Gasteiger partial charge is 0.251 e. The molecule has 1 N–H and O–H groups in total. The van der Waals surface area contributed by atoms with Crippen LogP contribution in [-0.4, -0.2) is 34.4 Å². The molecule has 2 aromatic rings. The van der Waals surface area contributed by atoms with Gasteiger partial charge in [0.2, 0.25) is 0 Å². The van der Waals surface area contributed by atoms with Gasteiger partial charge in [-0.05, 0) is 37.0 Å². The third-order valence-electron chi connectivity index (χ3n) is 4.47. The van der Waals surface area contributed by atoms with Gasteiger partial charge in [0.25, 0.3) is 5.91 Å². The first kappa shape index (κ1) is 18.2. The number of amides is 1. The van der Waals surface area contributed by atoms with Crippen LogP contribution in [0.2, 0.25) is 0 Å². The van der Waals surface area contributed by atoms with Crippen LogP contribution in [0.1, 0.15) is 48.7 Å². The maximum absolute atomic E-state index is 12.5. The Labute approximate surface area is 153 Å². The minimum Gasteiger partial charge on any atom is -0.493 e. The molecule has 2 heterocycles. The molecule has 1 aromatic carbocycles. The molecule has 0 radical (unpaired) electrons. The molecule has 0 spiro atoms. The summed E-state index contributed by atoms with van der Waals surface area (Å²) in [4.78, 5) is 12.5. The first-order chi connectivity index (χ1) is 12.6. The summed E-state index contributed by atoms with van der Waals surface area (Å²) in [5.41, 5.74) is 0.527. The van der Waals surface area contributed by atoms with Crippen LogP contribution < -0.4 is 14.8 Å². The van der Waals surface area contributed by atoms with Gasteiger partial charge in [-0.15, -0.1) is 10.2 Å². The van der Waals surface area contributed by atoms with Crippen LogP contribution in [0.5, 0.6) is 11.5 Å². The molecule has 0 fully saturated rings. The van der Waals surface area contributed by atoms with Crippen molar-refractivity contribution >= 4 is 5.91 Å². The molecule has 0 unspecified atom stereocenters. The molecule has 0 bridgehead atoms. The van der Waals surface area contributed by atoms with Crippen molar-refractivity contribution < 1.29 is 14.3 Å². The van der Waals surface area contributed by atoms with Crippen LogP contribution in [0.25, 0.3) is 0 Å². The van der Waals surface area contributed by atoms with Crippen molar-refractivity contribution in [2.24, 2.45) is 5.92 Å². The monoisotopic (exact) mass is 358 g/mol. The van der Waals surface area contributed by atoms with Crippen LogP contribution in [0.15, 0.2) is 18.2 Å². The van der Waals surface area contributed by atoms with Gasteiger partial charge in [0.1, 0.15) is 5.82 Å². The van der Waals surface area contributed by atoms with E-state index in [4.69, 9.17) is 9.47 Å². The number of aryl methyl sites for hydroxylation is 1. The van der Waals surface area contributed by atoms with E-state index >= 15 is 0 Å². The Balaban J connectivity index is 1.61. The number of nitrogens with one attached hydrogen (secondary N) is 1. The molecule has 0 saturated heterocycles. The quantitative estimate of drug-likeness (QED) is 0.785. The largest absolute Gasteiger partial charge is 0.493 e. The van der Waals surface area contributed by atoms with Gasteiger partial charge in [-0.2, -0.15) is 0 Å². The van der Waals surface area contributed by atoms with Gasteiger partial charge in [-0.25, -0.2) is 0 Å². The van der Waals surface area contributed by atoms with Gasteiger partial charge in [0.15, 0.2) is 17.3 Å². The summed E-state index contributed by atoms with van der Waals surface area (Å²) in [5, 5.41) is 11.2. The summed E-state index contributed by atoms with van der Waals surface area (Å²) in [6.07, 6.45) is 3.01. The van der Waals surface area contributed by atoms with Gasteiger partial charge >= 0.3 is 0 Å². The Morgan fingerprint density at radius 2 is 2.15 bits per heavy atom. The lowest BCUT2D eigenvalue weighted by atomic mass is 10.1. The number of aromatic nitrogens is 3. The highest BCUT2D eigenvalue weighted by Crippen LogP contribution is 2.28. The number of fused-ring (bicyclic) bond motifs is 1. The van der Waals surface area contributed by atoms with Crippen LogP contribution in [-0.2, 0) is 19.5 Å². The van der Waals surface area contributed by atoms with Gasteiger partial charge in [0, 0.05) is 18.5 Å². The normalized spacial score (nSPS) is 12.9. The summed E-state index contributed by atoms with van der Waals surface area (Å²) < 4.78 is 13.2. The van der Waals surface area contributed by atoms with Crippen molar-refractivity contribution in [3.63, 3.8) is 0 Å². The standard InChI is InChI=1S/C19H26N4O3/c1-13(2)8-10-26-15-7-6-14(11-16(15)25-3)19(24)20-12-18-22-21-17-5-4-9-23(17)18/h6-7,11,13H,4-5,8-10,12H2,1-3H3,(H,20,24). The van der Waals surface area contributed by atoms with Crippen molar-refractivity contribution in [1.29, 1.82) is 0 Å². The van der Waals surface area contributed by atoms with E-state index < -0.39 is 0 Å². The molecule has 26 heavy (non-hydrogen) atoms.